The van der Waals surface area contributed by atoms with Crippen LogP contribution in [0.2, 0.25) is 0 Å². The molecule has 0 unspecified atom stereocenters. The average molecular weight is 283 g/mol. The fourth-order valence-corrected chi connectivity index (χ4v) is 1.82. The van der Waals surface area contributed by atoms with Crippen LogP contribution in [0.25, 0.3) is 0 Å². The minimum absolute atomic E-state index is 0.0757. The van der Waals surface area contributed by atoms with Crippen molar-refractivity contribution < 1.29 is 9.59 Å². The van der Waals surface area contributed by atoms with E-state index in [-0.39, 0.29) is 11.8 Å². The lowest BCUT2D eigenvalue weighted by atomic mass is 10.2. The van der Waals surface area contributed by atoms with Crippen LogP contribution in [0.1, 0.15) is 26.5 Å². The molecule has 108 valence electrons. The van der Waals surface area contributed by atoms with Crippen molar-refractivity contribution in [2.24, 2.45) is 0 Å². The fraction of sp³-hybridized carbons (Fsp3) is 0.188. The Morgan fingerprint density at radius 1 is 1.05 bits per heavy atom. The molecule has 0 bridgehead atoms. The lowest BCUT2D eigenvalue weighted by molar-refractivity contribution is 0.0827. The van der Waals surface area contributed by atoms with E-state index in [0.29, 0.717) is 16.9 Å². The molecule has 1 aromatic heterocycles. The van der Waals surface area contributed by atoms with Crippen LogP contribution >= 0.6 is 0 Å². The maximum absolute atomic E-state index is 12.0. The average Bonchev–Trinajstić information content (AvgIpc) is 2.47. The molecule has 0 aliphatic rings. The van der Waals surface area contributed by atoms with Crippen molar-refractivity contribution in [1.29, 1.82) is 0 Å². The van der Waals surface area contributed by atoms with Crippen LogP contribution in [0.15, 0.2) is 42.5 Å². The van der Waals surface area contributed by atoms with E-state index in [1.807, 2.05) is 13.0 Å². The van der Waals surface area contributed by atoms with Crippen LogP contribution < -0.4 is 5.32 Å². The van der Waals surface area contributed by atoms with Gasteiger partial charge in [0.25, 0.3) is 11.8 Å². The van der Waals surface area contributed by atoms with E-state index in [1.54, 1.807) is 50.5 Å². The molecule has 0 radical (unpaired) electrons. The first-order valence-electron chi connectivity index (χ1n) is 6.54. The molecule has 21 heavy (non-hydrogen) atoms. The van der Waals surface area contributed by atoms with Gasteiger partial charge in [0.2, 0.25) is 0 Å². The lowest BCUT2D eigenvalue weighted by Crippen LogP contribution is -2.21. The number of amides is 2. The number of aryl methyl sites for hydroxylation is 1. The van der Waals surface area contributed by atoms with Gasteiger partial charge in [0.15, 0.2) is 0 Å². The minimum atomic E-state index is -0.273. The Kier molecular flexibility index (Phi) is 4.33. The number of carbonyl (C=O) groups excluding carboxylic acids is 2. The fourth-order valence-electron chi connectivity index (χ4n) is 1.82. The molecule has 5 heteroatoms. The zero-order valence-corrected chi connectivity index (χ0v) is 12.3. The van der Waals surface area contributed by atoms with E-state index in [4.69, 9.17) is 0 Å². The van der Waals surface area contributed by atoms with Crippen molar-refractivity contribution in [2.45, 2.75) is 6.92 Å². The Labute approximate surface area is 123 Å². The number of rotatable bonds is 3. The molecule has 0 fully saturated rings. The molecule has 2 aromatic rings. The molecule has 2 rings (SSSR count). The Morgan fingerprint density at radius 2 is 1.71 bits per heavy atom. The first kappa shape index (κ1) is 14.7. The molecule has 0 saturated heterocycles. The summed E-state index contributed by atoms with van der Waals surface area (Å²) < 4.78 is 0. The minimum Gasteiger partial charge on any atom is -0.345 e. The third-order valence-electron chi connectivity index (χ3n) is 2.92. The predicted octanol–water partition coefficient (Wildman–Crippen LogP) is 2.34. The van der Waals surface area contributed by atoms with Crippen molar-refractivity contribution in [1.82, 2.24) is 9.88 Å². The van der Waals surface area contributed by atoms with E-state index in [2.05, 4.69) is 10.3 Å². The summed E-state index contributed by atoms with van der Waals surface area (Å²) in [4.78, 5) is 29.5. The summed E-state index contributed by atoms with van der Waals surface area (Å²) >= 11 is 0. The van der Waals surface area contributed by atoms with Crippen LogP contribution in [0.4, 0.5) is 5.69 Å². The molecule has 1 heterocycles. The molecular formula is C16H17N3O2. The maximum atomic E-state index is 12.0. The van der Waals surface area contributed by atoms with Crippen molar-refractivity contribution in [3.05, 3.63) is 59.4 Å². The van der Waals surface area contributed by atoms with Gasteiger partial charge in [-0.25, -0.2) is 4.98 Å². The van der Waals surface area contributed by atoms with Crippen molar-refractivity contribution in [2.75, 3.05) is 19.4 Å². The van der Waals surface area contributed by atoms with Crippen molar-refractivity contribution in [3.63, 3.8) is 0 Å². The van der Waals surface area contributed by atoms with Gasteiger partial charge >= 0.3 is 0 Å². The van der Waals surface area contributed by atoms with E-state index >= 15 is 0 Å². The molecule has 5 nitrogen and oxygen atoms in total. The van der Waals surface area contributed by atoms with Gasteiger partial charge in [-0.15, -0.1) is 0 Å². The summed E-state index contributed by atoms with van der Waals surface area (Å²) in [6.45, 7) is 1.83. The number of hydrogen-bond donors (Lipinski definition) is 1. The number of pyridine rings is 1. The van der Waals surface area contributed by atoms with Crippen LogP contribution in [0.5, 0.6) is 0 Å². The molecule has 0 saturated carbocycles. The third-order valence-corrected chi connectivity index (χ3v) is 2.92. The Morgan fingerprint density at radius 3 is 2.29 bits per heavy atom. The highest BCUT2D eigenvalue weighted by atomic mass is 16.2. The topological polar surface area (TPSA) is 62.3 Å². The second kappa shape index (κ2) is 6.17. The summed E-state index contributed by atoms with van der Waals surface area (Å²) in [6, 6.07) is 12.0. The summed E-state index contributed by atoms with van der Waals surface area (Å²) in [5.74, 6) is -0.349. The lowest BCUT2D eigenvalue weighted by Gasteiger charge is -2.11. The number of aromatic nitrogens is 1. The summed E-state index contributed by atoms with van der Waals surface area (Å²) in [7, 11) is 3.39. The van der Waals surface area contributed by atoms with Crippen molar-refractivity contribution in [3.8, 4) is 0 Å². The largest absolute Gasteiger partial charge is 0.345 e. The van der Waals surface area contributed by atoms with E-state index in [0.717, 1.165) is 5.69 Å². The predicted molar refractivity (Wildman–Crippen MR) is 81.4 cm³/mol. The zero-order chi connectivity index (χ0) is 15.4. The second-order valence-corrected chi connectivity index (χ2v) is 4.90. The molecule has 0 aliphatic carbocycles. The van der Waals surface area contributed by atoms with Crippen LogP contribution in [0.3, 0.4) is 0 Å². The summed E-state index contributed by atoms with van der Waals surface area (Å²) in [5, 5.41) is 2.75. The molecule has 2 amide bonds. The quantitative estimate of drug-likeness (QED) is 0.940. The maximum Gasteiger partial charge on any atom is 0.274 e. The van der Waals surface area contributed by atoms with Crippen LogP contribution in [0, 0.1) is 6.92 Å². The smallest absolute Gasteiger partial charge is 0.274 e. The molecule has 0 aliphatic heterocycles. The van der Waals surface area contributed by atoms with Gasteiger partial charge in [-0.3, -0.25) is 9.59 Å². The monoisotopic (exact) mass is 283 g/mol. The number of nitrogens with zero attached hydrogens (tertiary/aromatic N) is 2. The second-order valence-electron chi connectivity index (χ2n) is 4.90. The van der Waals surface area contributed by atoms with Gasteiger partial charge in [-0.05, 0) is 43.3 Å². The molecule has 0 atom stereocenters. The molecular weight excluding hydrogens is 266 g/mol. The first-order valence-corrected chi connectivity index (χ1v) is 6.54. The van der Waals surface area contributed by atoms with Crippen LogP contribution in [-0.4, -0.2) is 35.8 Å². The van der Waals surface area contributed by atoms with E-state index in [9.17, 15) is 9.59 Å². The molecule has 1 aromatic carbocycles. The number of carbonyl (C=O) groups is 2. The number of anilines is 1. The number of nitrogens with one attached hydrogen (secondary N) is 1. The van der Waals surface area contributed by atoms with Crippen molar-refractivity contribution >= 4 is 17.5 Å². The molecule has 1 N–H and O–H groups in total. The van der Waals surface area contributed by atoms with E-state index < -0.39 is 0 Å². The number of benzene rings is 1. The van der Waals surface area contributed by atoms with Gasteiger partial charge in [-0.2, -0.15) is 0 Å². The normalized spacial score (nSPS) is 10.0. The SMILES string of the molecule is Cc1cccc(C(=O)Nc2ccc(C(=O)N(C)C)cc2)n1. The highest BCUT2D eigenvalue weighted by molar-refractivity contribution is 6.03. The third kappa shape index (κ3) is 3.66. The van der Waals surface area contributed by atoms with E-state index in [1.165, 1.54) is 4.90 Å². The standard InChI is InChI=1S/C16H17N3O2/c1-11-5-4-6-14(17-11)15(20)18-13-9-7-12(8-10-13)16(21)19(2)3/h4-10H,1-3H3,(H,18,20). The Bertz CT molecular complexity index is 663. The Balaban J connectivity index is 2.10. The summed E-state index contributed by atoms with van der Waals surface area (Å²) in [5.41, 5.74) is 2.35. The van der Waals surface area contributed by atoms with Crippen LogP contribution in [-0.2, 0) is 0 Å². The van der Waals surface area contributed by atoms with Gasteiger partial charge in [0.05, 0.1) is 0 Å². The molecule has 0 spiro atoms. The van der Waals surface area contributed by atoms with Gasteiger partial charge in [0.1, 0.15) is 5.69 Å². The number of hydrogen-bond acceptors (Lipinski definition) is 3. The highest BCUT2D eigenvalue weighted by Crippen LogP contribution is 2.12. The van der Waals surface area contributed by atoms with Gasteiger partial charge < -0.3 is 10.2 Å². The van der Waals surface area contributed by atoms with Gasteiger partial charge in [-0.1, -0.05) is 6.07 Å². The zero-order valence-electron chi connectivity index (χ0n) is 12.3. The first-order chi connectivity index (χ1) is 9.97. The Hall–Kier alpha value is -2.69. The van der Waals surface area contributed by atoms with Gasteiger partial charge in [0, 0.05) is 31.0 Å². The summed E-state index contributed by atoms with van der Waals surface area (Å²) in [6.07, 6.45) is 0. The highest BCUT2D eigenvalue weighted by Gasteiger charge is 2.10.